The molecule has 0 amide bonds. The molecule has 4 rings (SSSR count). The number of hydrogen-bond donors (Lipinski definition) is 0. The average molecular weight is 513 g/mol. The van der Waals surface area contributed by atoms with Crippen molar-refractivity contribution in [2.45, 2.75) is 7.43 Å². The van der Waals surface area contributed by atoms with Crippen LogP contribution in [-0.2, 0) is 0 Å². The molecular formula is C18H15Cl2IN6. The van der Waals surface area contributed by atoms with Crippen LogP contribution in [0.1, 0.15) is 18.6 Å². The maximum atomic E-state index is 8.74. The molecule has 0 saturated heterocycles. The van der Waals surface area contributed by atoms with Gasteiger partial charge in [-0.05, 0) is 46.9 Å². The Morgan fingerprint density at radius 1 is 0.963 bits per heavy atom. The monoisotopic (exact) mass is 512 g/mol. The van der Waals surface area contributed by atoms with Crippen molar-refractivity contribution in [1.29, 1.82) is 10.5 Å². The van der Waals surface area contributed by atoms with Crippen molar-refractivity contribution in [3.63, 3.8) is 0 Å². The normalized spacial score (nSPS) is 9.07. The molecule has 4 aromatic rings. The van der Waals surface area contributed by atoms with Gasteiger partial charge >= 0.3 is 0 Å². The lowest BCUT2D eigenvalue weighted by Crippen LogP contribution is -1.88. The van der Waals surface area contributed by atoms with Crippen LogP contribution in [0.25, 0.3) is 11.3 Å². The predicted molar refractivity (Wildman–Crippen MR) is 116 cm³/mol. The van der Waals surface area contributed by atoms with Gasteiger partial charge in [0.15, 0.2) is 11.3 Å². The highest BCUT2D eigenvalue weighted by molar-refractivity contribution is 14.1. The molecule has 0 aliphatic rings. The molecule has 0 fully saturated rings. The number of halogens is 3. The van der Waals surface area contributed by atoms with Crippen LogP contribution in [0.5, 0.6) is 0 Å². The molecule has 0 saturated carbocycles. The third-order valence-corrected chi connectivity index (χ3v) is 3.95. The molecule has 138 valence electrons. The zero-order chi connectivity index (χ0) is 18.9. The number of nitriles is 2. The molecular weight excluding hydrogens is 498 g/mol. The number of alkyl halides is 2. The van der Waals surface area contributed by atoms with Gasteiger partial charge in [0, 0.05) is 24.8 Å². The minimum Gasteiger partial charge on any atom is -0.306 e. The second-order valence-corrected chi connectivity index (χ2v) is 6.51. The Balaban J connectivity index is 0.000000229. The molecule has 0 aromatic carbocycles. The van der Waals surface area contributed by atoms with Gasteiger partial charge < -0.3 is 4.40 Å². The lowest BCUT2D eigenvalue weighted by atomic mass is 10.3. The number of imidazole rings is 2. The summed E-state index contributed by atoms with van der Waals surface area (Å²) < 4.78 is 4.72. The van der Waals surface area contributed by atoms with Crippen LogP contribution >= 0.6 is 45.8 Å². The van der Waals surface area contributed by atoms with Gasteiger partial charge in [0.25, 0.3) is 0 Å². The number of rotatable bonds is 0. The molecule has 6 nitrogen and oxygen atoms in total. The second kappa shape index (κ2) is 11.4. The maximum Gasteiger partial charge on any atom is 0.155 e. The van der Waals surface area contributed by atoms with E-state index in [9.17, 15) is 0 Å². The zero-order valence-corrected chi connectivity index (χ0v) is 16.9. The molecule has 0 bridgehead atoms. The van der Waals surface area contributed by atoms with Crippen molar-refractivity contribution in [3.8, 4) is 12.1 Å². The molecule has 27 heavy (non-hydrogen) atoms. The van der Waals surface area contributed by atoms with Gasteiger partial charge in [-0.3, -0.25) is 4.40 Å². The molecule has 4 aromatic heterocycles. The van der Waals surface area contributed by atoms with E-state index in [1.807, 2.05) is 39.5 Å². The van der Waals surface area contributed by atoms with E-state index in [1.165, 1.54) is 0 Å². The van der Waals surface area contributed by atoms with Crippen molar-refractivity contribution in [2.75, 3.05) is 5.34 Å². The van der Waals surface area contributed by atoms with Gasteiger partial charge in [-0.2, -0.15) is 10.5 Å². The van der Waals surface area contributed by atoms with Crippen LogP contribution in [-0.4, -0.2) is 24.1 Å². The topological polar surface area (TPSA) is 82.2 Å². The molecule has 0 N–H and O–H groups in total. The van der Waals surface area contributed by atoms with E-state index in [0.717, 1.165) is 15.0 Å². The molecule has 9 heteroatoms. The summed E-state index contributed by atoms with van der Waals surface area (Å²) in [5.74, 6) is 0. The van der Waals surface area contributed by atoms with E-state index in [4.69, 9.17) is 33.7 Å². The highest BCUT2D eigenvalue weighted by Gasteiger charge is 2.03. The Morgan fingerprint density at radius 3 is 2.19 bits per heavy atom. The minimum absolute atomic E-state index is 0. The van der Waals surface area contributed by atoms with Crippen LogP contribution in [0.2, 0.25) is 0 Å². The molecule has 4 heterocycles. The number of fused-ring (bicyclic) bond motifs is 2. The minimum atomic E-state index is 0. The summed E-state index contributed by atoms with van der Waals surface area (Å²) in [6.45, 7) is 0. The molecule has 0 atom stereocenters. The van der Waals surface area contributed by atoms with Crippen molar-refractivity contribution in [3.05, 3.63) is 70.1 Å². The number of aromatic nitrogens is 4. The van der Waals surface area contributed by atoms with E-state index in [-0.39, 0.29) is 12.8 Å². The van der Waals surface area contributed by atoms with E-state index >= 15 is 0 Å². The van der Waals surface area contributed by atoms with E-state index < -0.39 is 0 Å². The quantitative estimate of drug-likeness (QED) is 0.243. The van der Waals surface area contributed by atoms with E-state index in [2.05, 4.69) is 44.7 Å². The first-order valence-corrected chi connectivity index (χ1v) is 9.26. The lowest BCUT2D eigenvalue weighted by Gasteiger charge is -1.94. The van der Waals surface area contributed by atoms with Crippen molar-refractivity contribution in [2.24, 2.45) is 0 Å². The fraction of sp³-hybridized carbons (Fsp3) is 0.111. The van der Waals surface area contributed by atoms with Crippen LogP contribution in [0.3, 0.4) is 0 Å². The second-order valence-electron chi connectivity index (χ2n) is 4.60. The molecule has 0 aliphatic heterocycles. The van der Waals surface area contributed by atoms with Crippen LogP contribution in [0.4, 0.5) is 0 Å². The predicted octanol–water partition coefficient (Wildman–Crippen LogP) is 5.07. The zero-order valence-electron chi connectivity index (χ0n) is 13.2. The smallest absolute Gasteiger partial charge is 0.155 e. The lowest BCUT2D eigenvalue weighted by molar-refractivity contribution is 1.14. The van der Waals surface area contributed by atoms with Crippen LogP contribution in [0, 0.1) is 26.4 Å². The Labute approximate surface area is 180 Å². The summed E-state index contributed by atoms with van der Waals surface area (Å²) in [4.78, 5) is 8.15. The Morgan fingerprint density at radius 2 is 1.56 bits per heavy atom. The van der Waals surface area contributed by atoms with Gasteiger partial charge in [0.2, 0.25) is 0 Å². The Kier molecular flexibility index (Phi) is 9.59. The molecule has 0 radical (unpaired) electrons. The third-order valence-electron chi connectivity index (χ3n) is 3.15. The summed E-state index contributed by atoms with van der Waals surface area (Å²) in [5.41, 5.74) is 2.66. The highest BCUT2D eigenvalue weighted by Crippen LogP contribution is 2.12. The summed E-state index contributed by atoms with van der Waals surface area (Å²) in [6, 6.07) is 11.4. The Bertz CT molecular complexity index is 1090. The van der Waals surface area contributed by atoms with Gasteiger partial charge in [0.1, 0.15) is 15.8 Å². The first-order valence-electron chi connectivity index (χ1n) is 7.11. The summed E-state index contributed by atoms with van der Waals surface area (Å²) in [6.07, 6.45) is 9.00. The third kappa shape index (κ3) is 5.57. The number of hydrogen-bond acceptors (Lipinski definition) is 4. The average Bonchev–Trinajstić information content (AvgIpc) is 3.29. The SMILES string of the molecule is C.ClCCl.N#Cc1cccn2c(I)cnc12.N#Cc1cccn2ccnc12. The number of nitrogens with zero attached hydrogens (tertiary/aromatic N) is 6. The fourth-order valence-corrected chi connectivity index (χ4v) is 2.63. The van der Waals surface area contributed by atoms with Crippen molar-refractivity contribution in [1.82, 2.24) is 18.8 Å². The molecule has 0 aliphatic carbocycles. The molecule has 0 unspecified atom stereocenters. The van der Waals surface area contributed by atoms with Crippen LogP contribution < -0.4 is 0 Å². The summed E-state index contributed by atoms with van der Waals surface area (Å²) in [5, 5.41) is 17.6. The fourth-order valence-electron chi connectivity index (χ4n) is 2.10. The molecule has 0 spiro atoms. The van der Waals surface area contributed by atoms with Gasteiger partial charge in [-0.15, -0.1) is 23.2 Å². The maximum absolute atomic E-state index is 8.74. The van der Waals surface area contributed by atoms with Crippen molar-refractivity contribution < 1.29 is 0 Å². The van der Waals surface area contributed by atoms with Crippen molar-refractivity contribution >= 4 is 57.1 Å². The van der Waals surface area contributed by atoms with Gasteiger partial charge in [-0.1, -0.05) is 7.43 Å². The first-order chi connectivity index (χ1) is 12.7. The summed E-state index contributed by atoms with van der Waals surface area (Å²) >= 11 is 11.7. The first kappa shape index (κ1) is 22.7. The van der Waals surface area contributed by atoms with Gasteiger partial charge in [0.05, 0.1) is 22.7 Å². The largest absolute Gasteiger partial charge is 0.306 e. The highest BCUT2D eigenvalue weighted by atomic mass is 127. The number of pyridine rings is 2. The van der Waals surface area contributed by atoms with Crippen LogP contribution in [0.15, 0.2) is 55.2 Å². The Hall–Kier alpha value is -2.33. The summed E-state index contributed by atoms with van der Waals surface area (Å²) in [7, 11) is 0. The van der Waals surface area contributed by atoms with E-state index in [1.54, 1.807) is 24.5 Å². The van der Waals surface area contributed by atoms with E-state index in [0.29, 0.717) is 11.1 Å². The van der Waals surface area contributed by atoms with Gasteiger partial charge in [-0.25, -0.2) is 9.97 Å². The standard InChI is InChI=1S/C8H4IN3.C8H5N3.CH2Cl2.CH4/c9-7-5-11-8-6(4-10)2-1-3-12(7)8;9-6-7-2-1-4-11-5-3-10-8(7)11;2-1-3;/h1-3,5H;1-5H;1H2;1H4.